The van der Waals surface area contributed by atoms with Gasteiger partial charge in [0, 0.05) is 29.3 Å². The molecular formula is C26H20S3. The average molecular weight is 429 g/mol. The first-order valence-corrected chi connectivity index (χ1v) is 12.0. The van der Waals surface area contributed by atoms with Crippen molar-refractivity contribution < 1.29 is 0 Å². The zero-order valence-electron chi connectivity index (χ0n) is 16.3. The largest absolute Gasteiger partial charge is 0.134 e. The average Bonchev–Trinajstić information content (AvgIpc) is 3.48. The van der Waals surface area contributed by atoms with Crippen molar-refractivity contribution in [1.82, 2.24) is 0 Å². The highest BCUT2D eigenvalue weighted by Crippen LogP contribution is 2.43. The highest BCUT2D eigenvalue weighted by Gasteiger charge is 2.11. The Morgan fingerprint density at radius 1 is 0.345 bits per heavy atom. The molecule has 0 amide bonds. The van der Waals surface area contributed by atoms with Gasteiger partial charge in [0.15, 0.2) is 0 Å². The fourth-order valence-corrected chi connectivity index (χ4v) is 6.50. The van der Waals surface area contributed by atoms with Crippen molar-refractivity contribution >= 4 is 34.0 Å². The number of hydrogen-bond acceptors (Lipinski definition) is 3. The molecular weight excluding hydrogens is 408 g/mol. The van der Waals surface area contributed by atoms with Crippen molar-refractivity contribution in [3.05, 3.63) is 96.1 Å². The summed E-state index contributed by atoms with van der Waals surface area (Å²) in [7, 11) is 0. The van der Waals surface area contributed by atoms with Crippen LogP contribution in [0.2, 0.25) is 0 Å². The molecule has 0 aliphatic heterocycles. The van der Waals surface area contributed by atoms with E-state index in [1.807, 2.05) is 34.0 Å². The lowest BCUT2D eigenvalue weighted by Crippen LogP contribution is -1.72. The van der Waals surface area contributed by atoms with Crippen LogP contribution < -0.4 is 0 Å². The number of hydrogen-bond donors (Lipinski definition) is 0. The van der Waals surface area contributed by atoms with E-state index in [2.05, 4.69) is 98.8 Å². The summed E-state index contributed by atoms with van der Waals surface area (Å²) < 4.78 is 0. The van der Waals surface area contributed by atoms with Gasteiger partial charge in [-0.05, 0) is 61.4 Å². The molecule has 0 nitrogen and oxygen atoms in total. The van der Waals surface area contributed by atoms with E-state index in [0.29, 0.717) is 0 Å². The van der Waals surface area contributed by atoms with E-state index in [9.17, 15) is 0 Å². The quantitative estimate of drug-likeness (QED) is 0.268. The molecule has 5 rings (SSSR count). The first-order chi connectivity index (χ1) is 14.2. The smallest absolute Gasteiger partial charge is 0.0449 e. The predicted octanol–water partition coefficient (Wildman–Crippen LogP) is 9.16. The second-order valence-corrected chi connectivity index (χ2v) is 10.5. The maximum absolute atomic E-state index is 2.26. The summed E-state index contributed by atoms with van der Waals surface area (Å²) in [5.74, 6) is 0. The van der Waals surface area contributed by atoms with Crippen LogP contribution in [0.15, 0.2) is 84.9 Å². The highest BCUT2D eigenvalue weighted by molar-refractivity contribution is 7.27. The molecule has 3 aromatic heterocycles. The molecule has 0 saturated carbocycles. The van der Waals surface area contributed by atoms with Gasteiger partial charge < -0.3 is 0 Å². The summed E-state index contributed by atoms with van der Waals surface area (Å²) in [6.07, 6.45) is 0. The molecule has 0 unspecified atom stereocenters. The number of benzene rings is 2. The van der Waals surface area contributed by atoms with Crippen molar-refractivity contribution in [1.29, 1.82) is 0 Å². The Hall–Kier alpha value is -2.46. The standard InChI is InChI=1S/C26H20S3/c1-17-3-7-19(8-4-17)21-11-13-23(27-21)25-15-16-26(29-25)24-14-12-22(28-24)20-9-5-18(2)6-10-20/h3-16H,1-2H3. The van der Waals surface area contributed by atoms with E-state index in [1.54, 1.807) is 0 Å². The molecule has 29 heavy (non-hydrogen) atoms. The number of rotatable bonds is 4. The first-order valence-electron chi connectivity index (χ1n) is 9.60. The van der Waals surface area contributed by atoms with Gasteiger partial charge in [-0.2, -0.15) is 0 Å². The topological polar surface area (TPSA) is 0 Å². The van der Waals surface area contributed by atoms with E-state index in [1.165, 1.54) is 51.5 Å². The van der Waals surface area contributed by atoms with Crippen LogP contribution in [0.3, 0.4) is 0 Å². The van der Waals surface area contributed by atoms with Crippen LogP contribution in [-0.2, 0) is 0 Å². The highest BCUT2D eigenvalue weighted by atomic mass is 32.1. The van der Waals surface area contributed by atoms with E-state index >= 15 is 0 Å². The monoisotopic (exact) mass is 428 g/mol. The van der Waals surface area contributed by atoms with Gasteiger partial charge in [0.2, 0.25) is 0 Å². The lowest BCUT2D eigenvalue weighted by molar-refractivity contribution is 1.48. The number of aryl methyl sites for hydroxylation is 2. The second-order valence-electron chi connectivity index (χ2n) is 7.22. The molecule has 0 saturated heterocycles. The molecule has 0 aliphatic carbocycles. The zero-order valence-corrected chi connectivity index (χ0v) is 18.8. The molecule has 5 aromatic rings. The lowest BCUT2D eigenvalue weighted by Gasteiger charge is -1.98. The fourth-order valence-electron chi connectivity index (χ4n) is 3.29. The Morgan fingerprint density at radius 3 is 0.966 bits per heavy atom. The third-order valence-corrected chi connectivity index (χ3v) is 8.72. The van der Waals surface area contributed by atoms with Gasteiger partial charge in [-0.15, -0.1) is 34.0 Å². The molecule has 3 heterocycles. The minimum atomic E-state index is 1.30. The van der Waals surface area contributed by atoms with Crippen LogP contribution >= 0.6 is 34.0 Å². The molecule has 0 fully saturated rings. The second kappa shape index (κ2) is 7.75. The Balaban J connectivity index is 1.40. The Kier molecular flexibility index (Phi) is 4.96. The maximum Gasteiger partial charge on any atom is 0.0449 e. The van der Waals surface area contributed by atoms with Crippen molar-refractivity contribution in [2.75, 3.05) is 0 Å². The molecule has 0 spiro atoms. The molecule has 2 aromatic carbocycles. The van der Waals surface area contributed by atoms with Crippen LogP contribution in [0.25, 0.3) is 40.4 Å². The van der Waals surface area contributed by atoms with E-state index in [4.69, 9.17) is 0 Å². The molecule has 0 atom stereocenters. The maximum atomic E-state index is 2.26. The SMILES string of the molecule is Cc1ccc(-c2ccc(-c3ccc(-c4ccc(-c5ccc(C)cc5)s4)s3)s2)cc1. The summed E-state index contributed by atoms with van der Waals surface area (Å²) in [6, 6.07) is 31.1. The first kappa shape index (κ1) is 18.6. The van der Waals surface area contributed by atoms with Crippen LogP contribution in [0.4, 0.5) is 0 Å². The summed E-state index contributed by atoms with van der Waals surface area (Å²) >= 11 is 5.62. The third kappa shape index (κ3) is 3.86. The van der Waals surface area contributed by atoms with Gasteiger partial charge in [-0.3, -0.25) is 0 Å². The van der Waals surface area contributed by atoms with Crippen molar-refractivity contribution in [3.63, 3.8) is 0 Å². The van der Waals surface area contributed by atoms with E-state index < -0.39 is 0 Å². The molecule has 0 aliphatic rings. The molecule has 0 radical (unpaired) electrons. The molecule has 142 valence electrons. The number of thiophene rings is 3. The van der Waals surface area contributed by atoms with Gasteiger partial charge in [-0.1, -0.05) is 59.7 Å². The van der Waals surface area contributed by atoms with Gasteiger partial charge in [0.25, 0.3) is 0 Å². The van der Waals surface area contributed by atoms with E-state index in [-0.39, 0.29) is 0 Å². The van der Waals surface area contributed by atoms with Crippen LogP contribution in [0.1, 0.15) is 11.1 Å². The minimum absolute atomic E-state index is 1.30. The van der Waals surface area contributed by atoms with E-state index in [0.717, 1.165) is 0 Å². The Morgan fingerprint density at radius 2 is 0.621 bits per heavy atom. The Bertz CT molecular complexity index is 1150. The van der Waals surface area contributed by atoms with Crippen molar-refractivity contribution in [2.45, 2.75) is 13.8 Å². The van der Waals surface area contributed by atoms with Crippen LogP contribution in [0, 0.1) is 13.8 Å². The zero-order chi connectivity index (χ0) is 19.8. The van der Waals surface area contributed by atoms with Crippen LogP contribution in [0.5, 0.6) is 0 Å². The van der Waals surface area contributed by atoms with Gasteiger partial charge in [0.1, 0.15) is 0 Å². The van der Waals surface area contributed by atoms with Gasteiger partial charge in [0.05, 0.1) is 0 Å². The van der Waals surface area contributed by atoms with Gasteiger partial charge in [-0.25, -0.2) is 0 Å². The third-order valence-electron chi connectivity index (χ3n) is 4.98. The summed E-state index contributed by atoms with van der Waals surface area (Å²) in [5.41, 5.74) is 5.19. The fraction of sp³-hybridized carbons (Fsp3) is 0.0769. The summed E-state index contributed by atoms with van der Waals surface area (Å²) in [5, 5.41) is 0. The predicted molar refractivity (Wildman–Crippen MR) is 131 cm³/mol. The van der Waals surface area contributed by atoms with Gasteiger partial charge >= 0.3 is 0 Å². The van der Waals surface area contributed by atoms with Crippen molar-refractivity contribution in [3.8, 4) is 40.4 Å². The molecule has 0 N–H and O–H groups in total. The van der Waals surface area contributed by atoms with Crippen molar-refractivity contribution in [2.24, 2.45) is 0 Å². The van der Waals surface area contributed by atoms with Crippen LogP contribution in [-0.4, -0.2) is 0 Å². The minimum Gasteiger partial charge on any atom is -0.134 e. The molecule has 3 heteroatoms. The normalized spacial score (nSPS) is 11.1. The summed E-state index contributed by atoms with van der Waals surface area (Å²) in [6.45, 7) is 4.26. The lowest BCUT2D eigenvalue weighted by atomic mass is 10.1. The Labute approximate surface area is 183 Å². The summed E-state index contributed by atoms with van der Waals surface area (Å²) in [4.78, 5) is 8.02. The molecule has 0 bridgehead atoms.